The number of nitrogens with one attached hydrogen (secondary N) is 2. The van der Waals surface area contributed by atoms with Crippen molar-refractivity contribution in [2.24, 2.45) is 0 Å². The summed E-state index contributed by atoms with van der Waals surface area (Å²) in [6.07, 6.45) is 6.33. The molecule has 2 heterocycles. The van der Waals surface area contributed by atoms with Crippen LogP contribution in [0.4, 0.5) is 11.4 Å². The van der Waals surface area contributed by atoms with E-state index in [0.717, 1.165) is 35.4 Å². The predicted molar refractivity (Wildman–Crippen MR) is 96.8 cm³/mol. The fraction of sp³-hybridized carbons (Fsp3) is 0.158. The Morgan fingerprint density at radius 2 is 2.12 bits per heavy atom. The normalized spacial score (nSPS) is 10.7. The predicted octanol–water partition coefficient (Wildman–Crippen LogP) is 2.96. The van der Waals surface area contributed by atoms with Gasteiger partial charge in [-0.05, 0) is 36.8 Å². The lowest BCUT2D eigenvalue weighted by molar-refractivity contribution is 0.562. The Morgan fingerprint density at radius 3 is 2.92 bits per heavy atom. The Hall–Kier alpha value is -3.46. The zero-order chi connectivity index (χ0) is 17.1. The molecule has 0 aliphatic heterocycles. The number of fused-ring (bicyclic) bond motifs is 1. The van der Waals surface area contributed by atoms with E-state index in [2.05, 4.69) is 27.4 Å². The summed E-state index contributed by atoms with van der Waals surface area (Å²) in [5, 5.41) is 3.29. The molecule has 0 aliphatic rings. The largest absolute Gasteiger partial charge is 0.355 e. The molecule has 0 amide bonds. The van der Waals surface area contributed by atoms with Gasteiger partial charge < -0.3 is 14.9 Å². The molecule has 0 radical (unpaired) electrons. The van der Waals surface area contributed by atoms with Crippen molar-refractivity contribution >= 4 is 22.4 Å². The summed E-state index contributed by atoms with van der Waals surface area (Å²) in [6.45, 7) is 1.49. The van der Waals surface area contributed by atoms with Crippen LogP contribution in [-0.2, 0) is 13.1 Å². The standard InChI is InChI=1S/C19H17N5O/c25-19-22-17-13-16(21-15-5-2-1-3-6-15)7-8-18(17)24(19)11-4-10-23-12-9-20-14-23/h2,5-9,12-14,21H,4,10-11H2,(H,22,25). The molecule has 2 aromatic carbocycles. The molecule has 25 heavy (non-hydrogen) atoms. The third kappa shape index (κ3) is 3.26. The number of imidazole rings is 2. The van der Waals surface area contributed by atoms with Gasteiger partial charge in [0.1, 0.15) is 0 Å². The van der Waals surface area contributed by atoms with Gasteiger partial charge >= 0.3 is 5.69 Å². The van der Waals surface area contributed by atoms with Crippen LogP contribution >= 0.6 is 0 Å². The molecular formula is C19H17N5O. The first-order chi connectivity index (χ1) is 12.3. The van der Waals surface area contributed by atoms with Gasteiger partial charge in [-0.15, -0.1) is 0 Å². The molecule has 0 fully saturated rings. The molecule has 0 unspecified atom stereocenters. The summed E-state index contributed by atoms with van der Waals surface area (Å²) in [5.41, 5.74) is 3.50. The quantitative estimate of drug-likeness (QED) is 0.571. The minimum Gasteiger partial charge on any atom is -0.355 e. The van der Waals surface area contributed by atoms with E-state index >= 15 is 0 Å². The molecule has 0 saturated heterocycles. The molecule has 6 heteroatoms. The molecule has 6 nitrogen and oxygen atoms in total. The lowest BCUT2D eigenvalue weighted by atomic mass is 10.2. The number of nitrogens with zero attached hydrogens (tertiary/aromatic N) is 3. The zero-order valence-corrected chi connectivity index (χ0v) is 13.6. The van der Waals surface area contributed by atoms with Crippen molar-refractivity contribution < 1.29 is 0 Å². The van der Waals surface area contributed by atoms with E-state index in [1.54, 1.807) is 23.2 Å². The van der Waals surface area contributed by atoms with Gasteiger partial charge in [-0.2, -0.15) is 0 Å². The molecule has 0 bridgehead atoms. The Morgan fingerprint density at radius 1 is 1.16 bits per heavy atom. The molecule has 4 rings (SSSR count). The fourth-order valence-corrected chi connectivity index (χ4v) is 2.89. The summed E-state index contributed by atoms with van der Waals surface area (Å²) in [6, 6.07) is 17.2. The zero-order valence-electron chi connectivity index (χ0n) is 13.6. The molecule has 124 valence electrons. The average Bonchev–Trinajstić information content (AvgIpc) is 3.24. The van der Waals surface area contributed by atoms with E-state index in [9.17, 15) is 4.79 Å². The van der Waals surface area contributed by atoms with Crippen molar-refractivity contribution in [1.82, 2.24) is 19.1 Å². The van der Waals surface area contributed by atoms with Crippen LogP contribution in [0.3, 0.4) is 0 Å². The second kappa shape index (κ2) is 6.57. The van der Waals surface area contributed by atoms with Crippen LogP contribution < -0.4 is 11.0 Å². The summed E-state index contributed by atoms with van der Waals surface area (Å²) in [5.74, 6) is 0. The van der Waals surface area contributed by atoms with E-state index in [4.69, 9.17) is 0 Å². The first-order valence-electron chi connectivity index (χ1n) is 8.13. The first-order valence-corrected chi connectivity index (χ1v) is 8.13. The molecule has 2 N–H and O–H groups in total. The Kier molecular flexibility index (Phi) is 3.97. The first kappa shape index (κ1) is 15.1. The van der Waals surface area contributed by atoms with Crippen molar-refractivity contribution in [3.63, 3.8) is 0 Å². The Balaban J connectivity index is 1.53. The van der Waals surface area contributed by atoms with Crippen molar-refractivity contribution in [3.8, 4) is 0 Å². The van der Waals surface area contributed by atoms with Crippen LogP contribution in [-0.4, -0.2) is 19.1 Å². The van der Waals surface area contributed by atoms with Crippen LogP contribution in [0.15, 0.2) is 59.9 Å². The van der Waals surface area contributed by atoms with Crippen molar-refractivity contribution in [1.29, 1.82) is 0 Å². The van der Waals surface area contributed by atoms with E-state index in [0.29, 0.717) is 6.54 Å². The van der Waals surface area contributed by atoms with Crippen LogP contribution in [0.25, 0.3) is 11.0 Å². The smallest absolute Gasteiger partial charge is 0.326 e. The molecule has 0 atom stereocenters. The fourth-order valence-electron chi connectivity index (χ4n) is 2.89. The summed E-state index contributed by atoms with van der Waals surface area (Å²) >= 11 is 0. The Labute approximate surface area is 144 Å². The summed E-state index contributed by atoms with van der Waals surface area (Å²) in [7, 11) is 0. The third-order valence-electron chi connectivity index (χ3n) is 4.08. The molecule has 0 spiro atoms. The highest BCUT2D eigenvalue weighted by Crippen LogP contribution is 2.20. The maximum Gasteiger partial charge on any atom is 0.326 e. The lowest BCUT2D eigenvalue weighted by Crippen LogP contribution is -2.17. The van der Waals surface area contributed by atoms with Crippen molar-refractivity contribution in [2.75, 3.05) is 5.32 Å². The molecule has 2 aromatic heterocycles. The number of rotatable bonds is 6. The van der Waals surface area contributed by atoms with Gasteiger partial charge in [0.2, 0.25) is 0 Å². The number of hydrogen-bond acceptors (Lipinski definition) is 3. The minimum atomic E-state index is -0.0829. The maximum atomic E-state index is 12.3. The SMILES string of the molecule is O=c1[nH]c2cc(Nc3cc#ccc3)ccc2n1CCCn1ccnc1. The number of aromatic nitrogens is 4. The second-order valence-corrected chi connectivity index (χ2v) is 5.81. The highest BCUT2D eigenvalue weighted by Gasteiger charge is 2.07. The molecule has 0 saturated carbocycles. The number of hydrogen-bond donors (Lipinski definition) is 2. The van der Waals surface area contributed by atoms with Gasteiger partial charge in [0, 0.05) is 42.9 Å². The van der Waals surface area contributed by atoms with Crippen LogP contribution in [0, 0.1) is 12.1 Å². The van der Waals surface area contributed by atoms with E-state index in [-0.39, 0.29) is 5.69 Å². The number of aromatic amines is 1. The van der Waals surface area contributed by atoms with Crippen molar-refractivity contribution in [3.05, 3.63) is 77.7 Å². The molecule has 4 aromatic rings. The minimum absolute atomic E-state index is 0.0829. The number of anilines is 2. The van der Waals surface area contributed by atoms with Gasteiger partial charge in [-0.3, -0.25) is 4.57 Å². The lowest BCUT2D eigenvalue weighted by Gasteiger charge is -2.07. The topological polar surface area (TPSA) is 67.6 Å². The highest BCUT2D eigenvalue weighted by atomic mass is 16.1. The molecule has 0 aliphatic carbocycles. The maximum absolute atomic E-state index is 12.3. The van der Waals surface area contributed by atoms with Crippen LogP contribution in [0.5, 0.6) is 0 Å². The van der Waals surface area contributed by atoms with Crippen molar-refractivity contribution in [2.45, 2.75) is 19.5 Å². The van der Waals surface area contributed by atoms with E-state index in [1.165, 1.54) is 0 Å². The summed E-state index contributed by atoms with van der Waals surface area (Å²) < 4.78 is 3.79. The second-order valence-electron chi connectivity index (χ2n) is 5.81. The van der Waals surface area contributed by atoms with Gasteiger partial charge in [0.25, 0.3) is 0 Å². The van der Waals surface area contributed by atoms with Gasteiger partial charge in [0.15, 0.2) is 0 Å². The van der Waals surface area contributed by atoms with Gasteiger partial charge in [0.05, 0.1) is 17.4 Å². The number of aryl methyl sites for hydroxylation is 2. The number of H-pyrrole nitrogens is 1. The highest BCUT2D eigenvalue weighted by molar-refractivity contribution is 5.80. The van der Waals surface area contributed by atoms with Gasteiger partial charge in [-0.25, -0.2) is 9.78 Å². The number of benzene rings is 1. The monoisotopic (exact) mass is 331 g/mol. The van der Waals surface area contributed by atoms with Crippen LogP contribution in [0.1, 0.15) is 6.42 Å². The van der Waals surface area contributed by atoms with E-state index < -0.39 is 0 Å². The molecular weight excluding hydrogens is 314 g/mol. The Bertz CT molecular complexity index is 1020. The third-order valence-corrected chi connectivity index (χ3v) is 4.08. The van der Waals surface area contributed by atoms with Crippen LogP contribution in [0.2, 0.25) is 0 Å². The summed E-state index contributed by atoms with van der Waals surface area (Å²) in [4.78, 5) is 19.2. The average molecular weight is 331 g/mol. The van der Waals surface area contributed by atoms with Gasteiger partial charge in [-0.1, -0.05) is 12.1 Å². The van der Waals surface area contributed by atoms with E-state index in [1.807, 2.05) is 41.1 Å².